The molecule has 0 saturated heterocycles. The predicted molar refractivity (Wildman–Crippen MR) is 107 cm³/mol. The van der Waals surface area contributed by atoms with Gasteiger partial charge in [-0.25, -0.2) is 18.0 Å². The zero-order valence-corrected chi connectivity index (χ0v) is 16.5. The summed E-state index contributed by atoms with van der Waals surface area (Å²) < 4.78 is 44.3. The Bertz CT molecular complexity index is 953. The third-order valence-corrected chi connectivity index (χ3v) is 4.22. The van der Waals surface area contributed by atoms with Gasteiger partial charge in [0.15, 0.2) is 0 Å². The molecule has 0 aliphatic carbocycles. The lowest BCUT2D eigenvalue weighted by atomic mass is 10.00. The molecule has 0 spiro atoms. The van der Waals surface area contributed by atoms with Gasteiger partial charge >= 0.3 is 5.97 Å². The first-order valence-electron chi connectivity index (χ1n) is 9.03. The van der Waals surface area contributed by atoms with Gasteiger partial charge in [-0.15, -0.1) is 0 Å². The van der Waals surface area contributed by atoms with Crippen molar-refractivity contribution >= 4 is 11.7 Å². The zero-order chi connectivity index (χ0) is 21.6. The lowest BCUT2D eigenvalue weighted by Gasteiger charge is -2.10. The molecule has 0 aliphatic rings. The van der Waals surface area contributed by atoms with Crippen molar-refractivity contribution < 1.29 is 22.7 Å². The number of alkyl halides is 2. The summed E-state index contributed by atoms with van der Waals surface area (Å²) in [6.07, 6.45) is -1.06. The van der Waals surface area contributed by atoms with Crippen LogP contribution in [0.25, 0.3) is 0 Å². The molecule has 2 rings (SSSR count). The van der Waals surface area contributed by atoms with Gasteiger partial charge < -0.3 is 10.5 Å². The second-order valence-electron chi connectivity index (χ2n) is 6.45. The van der Waals surface area contributed by atoms with Crippen molar-refractivity contribution in [3.63, 3.8) is 0 Å². The minimum Gasteiger partial charge on any atom is -0.462 e. The van der Waals surface area contributed by atoms with Crippen molar-refractivity contribution in [2.45, 2.75) is 26.7 Å². The highest BCUT2D eigenvalue weighted by molar-refractivity contribution is 6.09. The summed E-state index contributed by atoms with van der Waals surface area (Å²) in [4.78, 5) is 16.1. The Labute approximate surface area is 167 Å². The van der Waals surface area contributed by atoms with Gasteiger partial charge in [-0.3, -0.25) is 4.99 Å². The first kappa shape index (κ1) is 22.2. The molecule has 0 aliphatic heterocycles. The number of nitrogens with two attached hydrogens (primary N) is 1. The van der Waals surface area contributed by atoms with E-state index in [4.69, 9.17) is 10.5 Å². The monoisotopic (exact) mass is 404 g/mol. The van der Waals surface area contributed by atoms with Crippen LogP contribution in [0.1, 0.15) is 46.0 Å². The zero-order valence-electron chi connectivity index (χ0n) is 16.5. The molecule has 0 fully saturated rings. The van der Waals surface area contributed by atoms with Crippen LogP contribution in [-0.4, -0.2) is 25.3 Å². The lowest BCUT2D eigenvalue weighted by Crippen LogP contribution is -2.10. The van der Waals surface area contributed by atoms with Gasteiger partial charge in [0.25, 0.3) is 6.43 Å². The third-order valence-electron chi connectivity index (χ3n) is 4.22. The molecule has 0 saturated carbocycles. The van der Waals surface area contributed by atoms with Gasteiger partial charge in [0.1, 0.15) is 5.82 Å². The molecular formula is C22H23F3N2O2. The third kappa shape index (κ3) is 5.94. The van der Waals surface area contributed by atoms with E-state index in [0.717, 1.165) is 17.2 Å². The van der Waals surface area contributed by atoms with Crippen LogP contribution in [0.5, 0.6) is 0 Å². The number of rotatable bonds is 7. The molecule has 0 atom stereocenters. The van der Waals surface area contributed by atoms with E-state index >= 15 is 0 Å². The van der Waals surface area contributed by atoms with Crippen LogP contribution in [-0.2, 0) is 11.2 Å². The van der Waals surface area contributed by atoms with Crippen molar-refractivity contribution in [2.24, 2.45) is 10.7 Å². The van der Waals surface area contributed by atoms with Gasteiger partial charge in [-0.05, 0) is 61.4 Å². The summed E-state index contributed by atoms with van der Waals surface area (Å²) in [6.45, 7) is 3.81. The number of benzene rings is 2. The number of aliphatic imine (C=N–C) groups is 1. The molecule has 2 aromatic carbocycles. The van der Waals surface area contributed by atoms with Gasteiger partial charge in [0.2, 0.25) is 0 Å². The Hall–Kier alpha value is -3.09. The summed E-state index contributed by atoms with van der Waals surface area (Å²) in [6, 6.07) is 8.38. The van der Waals surface area contributed by atoms with E-state index in [9.17, 15) is 18.0 Å². The van der Waals surface area contributed by atoms with Crippen LogP contribution >= 0.6 is 0 Å². The van der Waals surface area contributed by atoms with Crippen LogP contribution in [0.2, 0.25) is 0 Å². The molecule has 7 heteroatoms. The molecule has 0 bridgehead atoms. The lowest BCUT2D eigenvalue weighted by molar-refractivity contribution is 0.0525. The average Bonchev–Trinajstić information content (AvgIpc) is 2.65. The number of hydrogen-bond acceptors (Lipinski definition) is 4. The molecule has 0 unspecified atom stereocenters. The van der Waals surface area contributed by atoms with E-state index in [-0.39, 0.29) is 18.6 Å². The fraction of sp³-hybridized carbons (Fsp3) is 0.273. The van der Waals surface area contributed by atoms with E-state index in [1.54, 1.807) is 45.2 Å². The summed E-state index contributed by atoms with van der Waals surface area (Å²) >= 11 is 0. The van der Waals surface area contributed by atoms with Crippen molar-refractivity contribution in [1.29, 1.82) is 0 Å². The molecule has 154 valence electrons. The van der Waals surface area contributed by atoms with Crippen LogP contribution in [0.4, 0.5) is 13.2 Å². The summed E-state index contributed by atoms with van der Waals surface area (Å²) in [5.74, 6) is -1.14. The van der Waals surface area contributed by atoms with E-state index < -0.39 is 18.2 Å². The number of aryl methyl sites for hydroxylation is 1. The van der Waals surface area contributed by atoms with E-state index in [0.29, 0.717) is 22.5 Å². The average molecular weight is 404 g/mol. The van der Waals surface area contributed by atoms with Gasteiger partial charge in [-0.1, -0.05) is 6.07 Å². The van der Waals surface area contributed by atoms with Crippen LogP contribution in [0.15, 0.2) is 53.2 Å². The highest BCUT2D eigenvalue weighted by Crippen LogP contribution is 2.22. The SMILES string of the molecule is CCOC(=O)c1ccc(C(C=C(N)Cc2cc(F)cc(C(F)F)c2)=NC)cc1C. The van der Waals surface area contributed by atoms with Gasteiger partial charge in [-0.2, -0.15) is 0 Å². The fourth-order valence-corrected chi connectivity index (χ4v) is 2.90. The Morgan fingerprint density at radius 2 is 1.97 bits per heavy atom. The maximum atomic E-state index is 13.6. The maximum absolute atomic E-state index is 13.6. The van der Waals surface area contributed by atoms with Crippen molar-refractivity contribution in [1.82, 2.24) is 0 Å². The number of halogens is 3. The molecule has 4 nitrogen and oxygen atoms in total. The topological polar surface area (TPSA) is 64.7 Å². The van der Waals surface area contributed by atoms with Crippen molar-refractivity contribution in [2.75, 3.05) is 13.7 Å². The van der Waals surface area contributed by atoms with Gasteiger partial charge in [0, 0.05) is 30.3 Å². The normalized spacial score (nSPS) is 12.4. The van der Waals surface area contributed by atoms with Crippen LogP contribution in [0, 0.1) is 12.7 Å². The van der Waals surface area contributed by atoms with Crippen LogP contribution in [0.3, 0.4) is 0 Å². The summed E-state index contributed by atoms with van der Waals surface area (Å²) in [5, 5.41) is 0. The van der Waals surface area contributed by atoms with E-state index in [1.165, 1.54) is 12.1 Å². The van der Waals surface area contributed by atoms with Crippen molar-refractivity contribution in [3.8, 4) is 0 Å². The second kappa shape index (κ2) is 9.91. The number of allylic oxidation sites excluding steroid dienone is 2. The maximum Gasteiger partial charge on any atom is 0.338 e. The number of ether oxygens (including phenoxy) is 1. The first-order valence-corrected chi connectivity index (χ1v) is 9.03. The number of esters is 1. The van der Waals surface area contributed by atoms with Crippen molar-refractivity contribution in [3.05, 3.63) is 81.8 Å². The smallest absolute Gasteiger partial charge is 0.338 e. The van der Waals surface area contributed by atoms with E-state index in [2.05, 4.69) is 4.99 Å². The molecule has 2 aromatic rings. The number of carbonyl (C=O) groups is 1. The standard InChI is InChI=1S/C22H23F3N2O2/c1-4-29-22(28)19-6-5-15(7-13(19)2)20(27-3)12-18(26)10-14-8-16(21(24)25)11-17(23)9-14/h5-9,11-12,21H,4,10,26H2,1-3H3. The van der Waals surface area contributed by atoms with Gasteiger partial charge in [0.05, 0.1) is 17.9 Å². The summed E-state index contributed by atoms with van der Waals surface area (Å²) in [7, 11) is 1.59. The molecular weight excluding hydrogens is 381 g/mol. The van der Waals surface area contributed by atoms with E-state index in [1.807, 2.05) is 0 Å². The molecule has 0 radical (unpaired) electrons. The second-order valence-corrected chi connectivity index (χ2v) is 6.45. The highest BCUT2D eigenvalue weighted by atomic mass is 19.3. The Morgan fingerprint density at radius 3 is 2.55 bits per heavy atom. The molecule has 2 N–H and O–H groups in total. The van der Waals surface area contributed by atoms with Crippen LogP contribution < -0.4 is 5.73 Å². The molecule has 0 heterocycles. The minimum atomic E-state index is -2.76. The predicted octanol–water partition coefficient (Wildman–Crippen LogP) is 4.75. The molecule has 29 heavy (non-hydrogen) atoms. The number of nitrogens with zero attached hydrogens (tertiary/aromatic N) is 1. The molecule has 0 amide bonds. The summed E-state index contributed by atoms with van der Waals surface area (Å²) in [5.41, 5.74) is 8.80. The highest BCUT2D eigenvalue weighted by Gasteiger charge is 2.13. The largest absolute Gasteiger partial charge is 0.462 e. The Balaban J connectivity index is 2.26. The fourth-order valence-electron chi connectivity index (χ4n) is 2.90. The number of hydrogen-bond donors (Lipinski definition) is 1. The Morgan fingerprint density at radius 1 is 1.24 bits per heavy atom. The quantitative estimate of drug-likeness (QED) is 0.535. The number of carbonyl (C=O) groups excluding carboxylic acids is 1. The Kier molecular flexibility index (Phi) is 7.59. The minimum absolute atomic E-state index is 0.0936. The molecule has 0 aromatic heterocycles. The first-order chi connectivity index (χ1) is 13.7.